The molecule has 1 aliphatic heterocycles. The fourth-order valence-corrected chi connectivity index (χ4v) is 3.22. The Kier molecular flexibility index (Phi) is 5.37. The predicted octanol–water partition coefficient (Wildman–Crippen LogP) is 4.49. The molecule has 0 amide bonds. The van der Waals surface area contributed by atoms with Crippen molar-refractivity contribution in [2.24, 2.45) is 11.8 Å². The van der Waals surface area contributed by atoms with Crippen LogP contribution in [0.25, 0.3) is 0 Å². The fourth-order valence-electron chi connectivity index (χ4n) is 3.22. The molecule has 0 radical (unpaired) electrons. The Morgan fingerprint density at radius 3 is 2.08 bits per heavy atom. The Hall–Kier alpha value is -2.36. The summed E-state index contributed by atoms with van der Waals surface area (Å²) < 4.78 is 21.6. The van der Waals surface area contributed by atoms with Crippen molar-refractivity contribution in [1.82, 2.24) is 0 Å². The summed E-state index contributed by atoms with van der Waals surface area (Å²) in [5.41, 5.74) is 2.55. The van der Waals surface area contributed by atoms with Gasteiger partial charge in [0.2, 0.25) is 6.79 Å². The SMILES string of the molecule is COc1ccc(C[C@H](C)[C@@H](C)Cc2ccc3c(c2)OCO3)cc1OC. The molecule has 0 aromatic heterocycles. The summed E-state index contributed by atoms with van der Waals surface area (Å²) in [6.45, 7) is 4.93. The molecule has 0 N–H and O–H groups in total. The van der Waals surface area contributed by atoms with Crippen molar-refractivity contribution < 1.29 is 18.9 Å². The van der Waals surface area contributed by atoms with Gasteiger partial charge < -0.3 is 18.9 Å². The molecule has 0 aliphatic carbocycles. The van der Waals surface area contributed by atoms with Gasteiger partial charge in [-0.3, -0.25) is 0 Å². The van der Waals surface area contributed by atoms with Crippen LogP contribution in [0.3, 0.4) is 0 Å². The van der Waals surface area contributed by atoms with E-state index in [0.717, 1.165) is 35.8 Å². The van der Waals surface area contributed by atoms with Crippen LogP contribution in [0.4, 0.5) is 0 Å². The minimum atomic E-state index is 0.323. The highest BCUT2D eigenvalue weighted by Crippen LogP contribution is 2.34. The summed E-state index contributed by atoms with van der Waals surface area (Å²) >= 11 is 0. The van der Waals surface area contributed by atoms with Crippen molar-refractivity contribution in [2.75, 3.05) is 21.0 Å². The number of ether oxygens (including phenoxy) is 4. The normalized spacial score (nSPS) is 14.9. The smallest absolute Gasteiger partial charge is 0.231 e. The third-order valence-corrected chi connectivity index (χ3v) is 4.97. The van der Waals surface area contributed by atoms with Gasteiger partial charge in [0.25, 0.3) is 0 Å². The van der Waals surface area contributed by atoms with E-state index in [4.69, 9.17) is 18.9 Å². The molecule has 0 fully saturated rings. The zero-order valence-electron chi connectivity index (χ0n) is 15.4. The van der Waals surface area contributed by atoms with Crippen LogP contribution in [-0.2, 0) is 12.8 Å². The van der Waals surface area contributed by atoms with Crippen LogP contribution in [0.1, 0.15) is 25.0 Å². The third-order valence-electron chi connectivity index (χ3n) is 4.97. The Morgan fingerprint density at radius 2 is 1.40 bits per heavy atom. The van der Waals surface area contributed by atoms with Crippen molar-refractivity contribution in [2.45, 2.75) is 26.7 Å². The molecule has 1 aliphatic rings. The van der Waals surface area contributed by atoms with Crippen molar-refractivity contribution in [3.63, 3.8) is 0 Å². The summed E-state index contributed by atoms with van der Waals surface area (Å²) in [5, 5.41) is 0. The van der Waals surface area contributed by atoms with E-state index in [1.165, 1.54) is 11.1 Å². The monoisotopic (exact) mass is 342 g/mol. The lowest BCUT2D eigenvalue weighted by molar-refractivity contribution is 0.174. The van der Waals surface area contributed by atoms with E-state index < -0.39 is 0 Å². The first-order valence-corrected chi connectivity index (χ1v) is 8.70. The molecule has 0 spiro atoms. The van der Waals surface area contributed by atoms with Gasteiger partial charge in [0.1, 0.15) is 0 Å². The topological polar surface area (TPSA) is 36.9 Å². The van der Waals surface area contributed by atoms with Crippen molar-refractivity contribution >= 4 is 0 Å². The minimum absolute atomic E-state index is 0.323. The lowest BCUT2D eigenvalue weighted by Gasteiger charge is -2.21. The first-order valence-electron chi connectivity index (χ1n) is 8.70. The van der Waals surface area contributed by atoms with Gasteiger partial charge >= 0.3 is 0 Å². The molecule has 3 rings (SSSR count). The van der Waals surface area contributed by atoms with E-state index in [2.05, 4.69) is 38.1 Å². The van der Waals surface area contributed by atoms with Gasteiger partial charge in [-0.05, 0) is 60.1 Å². The maximum atomic E-state index is 5.48. The van der Waals surface area contributed by atoms with Crippen LogP contribution in [0.5, 0.6) is 23.0 Å². The van der Waals surface area contributed by atoms with Gasteiger partial charge in [-0.25, -0.2) is 0 Å². The second kappa shape index (κ2) is 7.68. The average Bonchev–Trinajstić information content (AvgIpc) is 3.09. The molecule has 0 bridgehead atoms. The molecule has 1 heterocycles. The van der Waals surface area contributed by atoms with Gasteiger partial charge in [-0.15, -0.1) is 0 Å². The molecule has 0 saturated carbocycles. The van der Waals surface area contributed by atoms with Gasteiger partial charge in [0.15, 0.2) is 23.0 Å². The molecule has 2 aromatic rings. The Balaban J connectivity index is 1.63. The molecule has 0 saturated heterocycles. The molecule has 134 valence electrons. The third kappa shape index (κ3) is 4.01. The van der Waals surface area contributed by atoms with Gasteiger partial charge in [0.05, 0.1) is 14.2 Å². The molecule has 4 nitrogen and oxygen atoms in total. The predicted molar refractivity (Wildman–Crippen MR) is 97.8 cm³/mol. The number of benzene rings is 2. The number of fused-ring (bicyclic) bond motifs is 1. The quantitative estimate of drug-likeness (QED) is 0.743. The zero-order valence-corrected chi connectivity index (χ0v) is 15.4. The highest BCUT2D eigenvalue weighted by atomic mass is 16.7. The fraction of sp³-hybridized carbons (Fsp3) is 0.429. The highest BCUT2D eigenvalue weighted by Gasteiger charge is 2.18. The van der Waals surface area contributed by atoms with E-state index in [-0.39, 0.29) is 0 Å². The molecule has 0 unspecified atom stereocenters. The molecule has 2 aromatic carbocycles. The summed E-state index contributed by atoms with van der Waals surface area (Å²) in [6, 6.07) is 12.4. The zero-order chi connectivity index (χ0) is 17.8. The highest BCUT2D eigenvalue weighted by molar-refractivity contribution is 5.45. The van der Waals surface area contributed by atoms with Crippen LogP contribution in [0.15, 0.2) is 36.4 Å². The largest absolute Gasteiger partial charge is 0.493 e. The number of rotatable bonds is 7. The first kappa shape index (κ1) is 17.5. The van der Waals surface area contributed by atoms with Crippen LogP contribution in [0, 0.1) is 11.8 Å². The van der Waals surface area contributed by atoms with Gasteiger partial charge in [-0.2, -0.15) is 0 Å². The molecule has 4 heteroatoms. The van der Waals surface area contributed by atoms with E-state index in [1.807, 2.05) is 12.1 Å². The molecule has 25 heavy (non-hydrogen) atoms. The first-order chi connectivity index (χ1) is 12.1. The van der Waals surface area contributed by atoms with Crippen LogP contribution < -0.4 is 18.9 Å². The number of hydrogen-bond acceptors (Lipinski definition) is 4. The van der Waals surface area contributed by atoms with Crippen molar-refractivity contribution in [3.8, 4) is 23.0 Å². The lowest BCUT2D eigenvalue weighted by atomic mass is 9.85. The maximum Gasteiger partial charge on any atom is 0.231 e. The Labute approximate surface area is 149 Å². The summed E-state index contributed by atoms with van der Waals surface area (Å²) in [6.07, 6.45) is 2.02. The summed E-state index contributed by atoms with van der Waals surface area (Å²) in [4.78, 5) is 0. The van der Waals surface area contributed by atoms with Crippen molar-refractivity contribution in [3.05, 3.63) is 47.5 Å². The second-order valence-corrected chi connectivity index (χ2v) is 6.74. The Morgan fingerprint density at radius 1 is 0.800 bits per heavy atom. The number of methoxy groups -OCH3 is 2. The number of hydrogen-bond donors (Lipinski definition) is 0. The molecular formula is C21H26O4. The van der Waals surface area contributed by atoms with E-state index >= 15 is 0 Å². The minimum Gasteiger partial charge on any atom is -0.493 e. The van der Waals surface area contributed by atoms with E-state index in [0.29, 0.717) is 18.6 Å². The summed E-state index contributed by atoms with van der Waals surface area (Å²) in [5.74, 6) is 4.35. The average molecular weight is 342 g/mol. The lowest BCUT2D eigenvalue weighted by Crippen LogP contribution is -2.13. The van der Waals surface area contributed by atoms with E-state index in [1.54, 1.807) is 14.2 Å². The molecular weight excluding hydrogens is 316 g/mol. The molecule has 2 atom stereocenters. The second-order valence-electron chi connectivity index (χ2n) is 6.74. The van der Waals surface area contributed by atoms with Gasteiger partial charge in [0, 0.05) is 0 Å². The van der Waals surface area contributed by atoms with Gasteiger partial charge in [-0.1, -0.05) is 26.0 Å². The summed E-state index contributed by atoms with van der Waals surface area (Å²) in [7, 11) is 3.33. The van der Waals surface area contributed by atoms with Crippen LogP contribution in [0.2, 0.25) is 0 Å². The van der Waals surface area contributed by atoms with E-state index in [9.17, 15) is 0 Å². The Bertz CT molecular complexity index is 726. The standard InChI is InChI=1S/C21H26O4/c1-14(9-16-5-7-18(22-3)20(11-16)23-4)15(2)10-17-6-8-19-21(12-17)25-13-24-19/h5-8,11-12,14-15H,9-10,13H2,1-4H3/t14-,15-/m0/s1. The van der Waals surface area contributed by atoms with Crippen LogP contribution in [-0.4, -0.2) is 21.0 Å². The van der Waals surface area contributed by atoms with Crippen molar-refractivity contribution in [1.29, 1.82) is 0 Å². The maximum absolute atomic E-state index is 5.48. The van der Waals surface area contributed by atoms with Crippen LogP contribution >= 0.6 is 0 Å².